The number of rotatable bonds is 1. The van der Waals surface area contributed by atoms with Crippen molar-refractivity contribution in [1.29, 1.82) is 0 Å². The minimum Gasteiger partial charge on any atom is -0.398 e. The van der Waals surface area contributed by atoms with E-state index in [0.29, 0.717) is 4.47 Å². The maximum Gasteiger partial charge on any atom is 0.416 e. The van der Waals surface area contributed by atoms with Crippen LogP contribution in [0.15, 0.2) is 16.6 Å². The molecule has 0 aliphatic heterocycles. The summed E-state index contributed by atoms with van der Waals surface area (Å²) in [4.78, 5) is 0. The molecule has 0 bridgehead atoms. The highest BCUT2D eigenvalue weighted by atomic mass is 79.9. The largest absolute Gasteiger partial charge is 0.416 e. The van der Waals surface area contributed by atoms with Gasteiger partial charge in [0.05, 0.1) is 12.2 Å². The summed E-state index contributed by atoms with van der Waals surface area (Å²) in [6.07, 6.45) is -4.49. The van der Waals surface area contributed by atoms with Gasteiger partial charge in [0.2, 0.25) is 0 Å². The molecule has 1 rings (SSSR count). The van der Waals surface area contributed by atoms with Crippen molar-refractivity contribution in [3.63, 3.8) is 0 Å². The first kappa shape index (κ1) is 11.3. The molecule has 3 N–H and O–H groups in total. The first-order valence-corrected chi connectivity index (χ1v) is 4.41. The number of anilines is 1. The lowest BCUT2D eigenvalue weighted by Gasteiger charge is -2.12. The standard InChI is InChI=1S/C8H7BrF3NO/c9-6-1-4(3-14)5(2-7(6)13)8(10,11)12/h1-2,14H,3,13H2. The molecule has 0 aliphatic carbocycles. The summed E-state index contributed by atoms with van der Waals surface area (Å²) < 4.78 is 37.4. The molecule has 0 heterocycles. The number of halogens is 4. The molecule has 0 radical (unpaired) electrons. The van der Waals surface area contributed by atoms with E-state index in [2.05, 4.69) is 15.9 Å². The normalized spacial score (nSPS) is 11.8. The van der Waals surface area contributed by atoms with Crippen LogP contribution in [0.25, 0.3) is 0 Å². The summed E-state index contributed by atoms with van der Waals surface area (Å²) in [5.74, 6) is 0. The summed E-state index contributed by atoms with van der Waals surface area (Å²) in [6, 6.07) is 1.97. The highest BCUT2D eigenvalue weighted by Crippen LogP contribution is 2.35. The van der Waals surface area contributed by atoms with Crippen LogP contribution < -0.4 is 5.73 Å². The molecule has 0 spiro atoms. The van der Waals surface area contributed by atoms with Gasteiger partial charge in [-0.3, -0.25) is 0 Å². The van der Waals surface area contributed by atoms with Crippen molar-refractivity contribution >= 4 is 21.6 Å². The lowest BCUT2D eigenvalue weighted by Crippen LogP contribution is -2.10. The number of aliphatic hydroxyl groups excluding tert-OH is 1. The van der Waals surface area contributed by atoms with E-state index >= 15 is 0 Å². The number of hydrogen-bond acceptors (Lipinski definition) is 2. The van der Waals surface area contributed by atoms with Crippen molar-refractivity contribution in [2.75, 3.05) is 5.73 Å². The van der Waals surface area contributed by atoms with Gasteiger partial charge >= 0.3 is 6.18 Å². The Morgan fingerprint density at radius 3 is 2.36 bits per heavy atom. The van der Waals surface area contributed by atoms with E-state index in [1.165, 1.54) is 0 Å². The maximum atomic E-state index is 12.4. The van der Waals surface area contributed by atoms with Crippen LogP contribution in [0.2, 0.25) is 0 Å². The number of hydrogen-bond donors (Lipinski definition) is 2. The van der Waals surface area contributed by atoms with Crippen molar-refractivity contribution < 1.29 is 18.3 Å². The Hall–Kier alpha value is -0.750. The molecular formula is C8H7BrF3NO. The second-order valence-corrected chi connectivity index (χ2v) is 3.54. The zero-order valence-electron chi connectivity index (χ0n) is 6.90. The Morgan fingerprint density at radius 1 is 1.36 bits per heavy atom. The molecule has 0 fully saturated rings. The van der Waals surface area contributed by atoms with E-state index in [0.717, 1.165) is 12.1 Å². The first-order chi connectivity index (χ1) is 6.36. The number of nitrogens with two attached hydrogens (primary N) is 1. The Kier molecular flexibility index (Phi) is 3.06. The van der Waals surface area contributed by atoms with Crippen molar-refractivity contribution in [2.45, 2.75) is 12.8 Å². The van der Waals surface area contributed by atoms with Gasteiger partial charge in [-0.2, -0.15) is 13.2 Å². The molecule has 6 heteroatoms. The van der Waals surface area contributed by atoms with Crippen molar-refractivity contribution in [3.05, 3.63) is 27.7 Å². The second-order valence-electron chi connectivity index (χ2n) is 2.69. The van der Waals surface area contributed by atoms with Crippen molar-refractivity contribution in [3.8, 4) is 0 Å². The van der Waals surface area contributed by atoms with Gasteiger partial charge in [0.25, 0.3) is 0 Å². The Labute approximate surface area is 86.7 Å². The van der Waals surface area contributed by atoms with E-state index in [4.69, 9.17) is 10.8 Å². The average molecular weight is 270 g/mol. The van der Waals surface area contributed by atoms with Crippen LogP contribution in [0.1, 0.15) is 11.1 Å². The van der Waals surface area contributed by atoms with Gasteiger partial charge in [-0.1, -0.05) is 0 Å². The highest BCUT2D eigenvalue weighted by molar-refractivity contribution is 9.10. The summed E-state index contributed by atoms with van der Waals surface area (Å²) in [7, 11) is 0. The van der Waals surface area contributed by atoms with E-state index in [1.807, 2.05) is 0 Å². The van der Waals surface area contributed by atoms with Crippen LogP contribution in [0.4, 0.5) is 18.9 Å². The molecule has 0 saturated carbocycles. The molecule has 0 unspecified atom stereocenters. The zero-order valence-corrected chi connectivity index (χ0v) is 8.48. The zero-order chi connectivity index (χ0) is 10.9. The number of aliphatic hydroxyl groups is 1. The third-order valence-corrected chi connectivity index (χ3v) is 2.39. The lowest BCUT2D eigenvalue weighted by atomic mass is 10.1. The quantitative estimate of drug-likeness (QED) is 0.770. The monoisotopic (exact) mass is 269 g/mol. The lowest BCUT2D eigenvalue weighted by molar-refractivity contribution is -0.138. The predicted octanol–water partition coefficient (Wildman–Crippen LogP) is 2.54. The minimum absolute atomic E-state index is 0.00507. The molecule has 2 nitrogen and oxygen atoms in total. The summed E-state index contributed by atoms with van der Waals surface area (Å²) in [5.41, 5.74) is 4.21. The smallest absolute Gasteiger partial charge is 0.398 e. The Bertz CT molecular complexity index is 351. The predicted molar refractivity (Wildman–Crippen MR) is 49.5 cm³/mol. The molecule has 0 aromatic heterocycles. The van der Waals surface area contributed by atoms with Gasteiger partial charge in [-0.05, 0) is 33.6 Å². The van der Waals surface area contributed by atoms with Crippen LogP contribution in [0, 0.1) is 0 Å². The highest BCUT2D eigenvalue weighted by Gasteiger charge is 2.33. The fraction of sp³-hybridized carbons (Fsp3) is 0.250. The molecular weight excluding hydrogens is 263 g/mol. The summed E-state index contributed by atoms with van der Waals surface area (Å²) >= 11 is 2.98. The summed E-state index contributed by atoms with van der Waals surface area (Å²) in [5, 5.41) is 8.74. The molecule has 78 valence electrons. The van der Waals surface area contributed by atoms with E-state index < -0.39 is 18.3 Å². The average Bonchev–Trinajstić information content (AvgIpc) is 2.07. The van der Waals surface area contributed by atoms with Gasteiger partial charge in [-0.25, -0.2) is 0 Å². The molecule has 1 aromatic carbocycles. The maximum absolute atomic E-state index is 12.4. The topological polar surface area (TPSA) is 46.2 Å². The van der Waals surface area contributed by atoms with Gasteiger partial charge in [0.1, 0.15) is 0 Å². The van der Waals surface area contributed by atoms with E-state index in [-0.39, 0.29) is 11.3 Å². The fourth-order valence-electron chi connectivity index (χ4n) is 1.03. The molecule has 0 aliphatic rings. The minimum atomic E-state index is -4.49. The van der Waals surface area contributed by atoms with E-state index in [9.17, 15) is 13.2 Å². The Balaban J connectivity index is 3.35. The summed E-state index contributed by atoms with van der Waals surface area (Å²) in [6.45, 7) is -0.673. The first-order valence-electron chi connectivity index (χ1n) is 3.62. The molecule has 0 amide bonds. The van der Waals surface area contributed by atoms with Crippen LogP contribution in [-0.2, 0) is 12.8 Å². The molecule has 0 saturated heterocycles. The molecule has 1 aromatic rings. The number of nitrogen functional groups attached to an aromatic ring is 1. The van der Waals surface area contributed by atoms with E-state index in [1.54, 1.807) is 0 Å². The van der Waals surface area contributed by atoms with Crippen LogP contribution >= 0.6 is 15.9 Å². The third kappa shape index (κ3) is 2.19. The fourth-order valence-corrected chi connectivity index (χ4v) is 1.42. The number of alkyl halides is 3. The van der Waals surface area contributed by atoms with Crippen LogP contribution in [0.3, 0.4) is 0 Å². The molecule has 14 heavy (non-hydrogen) atoms. The second kappa shape index (κ2) is 3.78. The van der Waals surface area contributed by atoms with Crippen molar-refractivity contribution in [2.24, 2.45) is 0 Å². The Morgan fingerprint density at radius 2 is 1.93 bits per heavy atom. The van der Waals surface area contributed by atoms with Gasteiger partial charge in [0, 0.05) is 10.2 Å². The van der Waals surface area contributed by atoms with Crippen LogP contribution in [-0.4, -0.2) is 5.11 Å². The third-order valence-electron chi connectivity index (χ3n) is 1.70. The van der Waals surface area contributed by atoms with Gasteiger partial charge in [0.15, 0.2) is 0 Å². The number of benzene rings is 1. The van der Waals surface area contributed by atoms with Gasteiger partial charge in [-0.15, -0.1) is 0 Å². The van der Waals surface area contributed by atoms with Gasteiger partial charge < -0.3 is 10.8 Å². The SMILES string of the molecule is Nc1cc(C(F)(F)F)c(CO)cc1Br. The van der Waals surface area contributed by atoms with Crippen molar-refractivity contribution in [1.82, 2.24) is 0 Å². The molecule has 0 atom stereocenters. The van der Waals surface area contributed by atoms with Crippen LogP contribution in [0.5, 0.6) is 0 Å².